The Kier molecular flexibility index (Phi) is 3.97. The highest BCUT2D eigenvalue weighted by Crippen LogP contribution is 2.16. The Morgan fingerprint density at radius 1 is 0.941 bits per heavy atom. The maximum absolute atomic E-state index is 3.54. The summed E-state index contributed by atoms with van der Waals surface area (Å²) in [6.45, 7) is 8.46. The summed E-state index contributed by atoms with van der Waals surface area (Å²) in [5.41, 5.74) is 5.58. The molecule has 0 atom stereocenters. The second-order valence-electron chi connectivity index (χ2n) is 4.50. The van der Waals surface area contributed by atoms with Gasteiger partial charge in [-0.1, -0.05) is 18.2 Å². The summed E-state index contributed by atoms with van der Waals surface area (Å²) >= 11 is 1.83. The summed E-state index contributed by atoms with van der Waals surface area (Å²) in [7, 11) is 0. The second-order valence-corrected chi connectivity index (χ2v) is 5.50. The molecule has 2 rings (SSSR count). The van der Waals surface area contributed by atoms with Crippen LogP contribution in [0.15, 0.2) is 29.6 Å². The molecule has 0 aliphatic carbocycles. The molecule has 0 spiro atoms. The van der Waals surface area contributed by atoms with Crippen LogP contribution in [-0.2, 0) is 13.1 Å². The third-order valence-corrected chi connectivity index (χ3v) is 4.22. The number of rotatable bonds is 4. The zero-order valence-electron chi connectivity index (χ0n) is 10.7. The topological polar surface area (TPSA) is 12.0 Å². The number of nitrogens with one attached hydrogen (secondary N) is 1. The molecule has 2 aromatic rings. The maximum Gasteiger partial charge on any atom is 0.0305 e. The molecule has 0 unspecified atom stereocenters. The molecule has 1 aromatic carbocycles. The van der Waals surface area contributed by atoms with Crippen molar-refractivity contribution < 1.29 is 0 Å². The molecule has 0 fully saturated rings. The minimum absolute atomic E-state index is 0.954. The molecule has 0 saturated carbocycles. The van der Waals surface area contributed by atoms with Crippen LogP contribution >= 0.6 is 11.3 Å². The van der Waals surface area contributed by atoms with Gasteiger partial charge in [0.1, 0.15) is 0 Å². The zero-order chi connectivity index (χ0) is 12.3. The van der Waals surface area contributed by atoms with Gasteiger partial charge in [0.25, 0.3) is 0 Å². The van der Waals surface area contributed by atoms with Crippen molar-refractivity contribution in [3.63, 3.8) is 0 Å². The summed E-state index contributed by atoms with van der Waals surface area (Å²) in [4.78, 5) is 1.44. The molecule has 1 N–H and O–H groups in total. The lowest BCUT2D eigenvalue weighted by Crippen LogP contribution is -2.14. The highest BCUT2D eigenvalue weighted by Gasteiger charge is 2.03. The molecule has 0 aliphatic heterocycles. The Bertz CT molecular complexity index is 479. The molecule has 0 radical (unpaired) electrons. The van der Waals surface area contributed by atoms with E-state index < -0.39 is 0 Å². The molecule has 1 nitrogen and oxygen atoms in total. The minimum Gasteiger partial charge on any atom is -0.308 e. The average Bonchev–Trinajstić information content (AvgIpc) is 2.69. The van der Waals surface area contributed by atoms with Crippen LogP contribution in [0.5, 0.6) is 0 Å². The largest absolute Gasteiger partial charge is 0.308 e. The van der Waals surface area contributed by atoms with Crippen LogP contribution in [0.2, 0.25) is 0 Å². The van der Waals surface area contributed by atoms with Gasteiger partial charge in [0.15, 0.2) is 0 Å². The summed E-state index contributed by atoms with van der Waals surface area (Å²) in [6.07, 6.45) is 0. The van der Waals surface area contributed by atoms with E-state index >= 15 is 0 Å². The van der Waals surface area contributed by atoms with Crippen molar-refractivity contribution in [2.45, 2.75) is 33.9 Å². The van der Waals surface area contributed by atoms with E-state index in [1.54, 1.807) is 0 Å². The number of hydrogen-bond acceptors (Lipinski definition) is 2. The fourth-order valence-corrected chi connectivity index (χ4v) is 2.89. The maximum atomic E-state index is 3.54. The van der Waals surface area contributed by atoms with Gasteiger partial charge >= 0.3 is 0 Å². The summed E-state index contributed by atoms with van der Waals surface area (Å²) in [5, 5.41) is 5.70. The Morgan fingerprint density at radius 2 is 1.65 bits per heavy atom. The summed E-state index contributed by atoms with van der Waals surface area (Å²) in [6, 6.07) is 8.67. The van der Waals surface area contributed by atoms with E-state index in [-0.39, 0.29) is 0 Å². The predicted octanol–water partition coefficient (Wildman–Crippen LogP) is 3.96. The number of hydrogen-bond donors (Lipinski definition) is 1. The minimum atomic E-state index is 0.954. The molecule has 17 heavy (non-hydrogen) atoms. The summed E-state index contributed by atoms with van der Waals surface area (Å²) in [5.74, 6) is 0. The Morgan fingerprint density at radius 3 is 2.24 bits per heavy atom. The third-order valence-electron chi connectivity index (χ3n) is 3.20. The highest BCUT2D eigenvalue weighted by atomic mass is 32.1. The molecule has 1 aromatic heterocycles. The van der Waals surface area contributed by atoms with Gasteiger partial charge in [0, 0.05) is 18.0 Å². The van der Waals surface area contributed by atoms with E-state index in [9.17, 15) is 0 Å². The van der Waals surface area contributed by atoms with Gasteiger partial charge in [-0.25, -0.2) is 0 Å². The van der Waals surface area contributed by atoms with Crippen LogP contribution in [-0.4, -0.2) is 0 Å². The second kappa shape index (κ2) is 5.48. The smallest absolute Gasteiger partial charge is 0.0305 e. The molecule has 0 aliphatic rings. The van der Waals surface area contributed by atoms with Crippen LogP contribution in [0.25, 0.3) is 0 Å². The van der Waals surface area contributed by atoms with Crippen LogP contribution in [0.4, 0.5) is 0 Å². The summed E-state index contributed by atoms with van der Waals surface area (Å²) < 4.78 is 0. The van der Waals surface area contributed by atoms with Gasteiger partial charge in [-0.3, -0.25) is 0 Å². The third kappa shape index (κ3) is 2.96. The zero-order valence-corrected chi connectivity index (χ0v) is 11.5. The van der Waals surface area contributed by atoms with Crippen molar-refractivity contribution >= 4 is 11.3 Å². The highest BCUT2D eigenvalue weighted by molar-refractivity contribution is 7.10. The Labute approximate surface area is 108 Å². The van der Waals surface area contributed by atoms with E-state index in [0.29, 0.717) is 0 Å². The first-order chi connectivity index (χ1) is 8.18. The van der Waals surface area contributed by atoms with Crippen molar-refractivity contribution in [1.82, 2.24) is 5.32 Å². The van der Waals surface area contributed by atoms with Crippen LogP contribution < -0.4 is 5.32 Å². The molecular formula is C15H19NS. The van der Waals surface area contributed by atoms with Crippen LogP contribution in [0.3, 0.4) is 0 Å². The van der Waals surface area contributed by atoms with Crippen LogP contribution in [0.1, 0.15) is 27.1 Å². The normalized spacial score (nSPS) is 10.8. The van der Waals surface area contributed by atoms with E-state index in [1.165, 1.54) is 27.1 Å². The van der Waals surface area contributed by atoms with Crippen molar-refractivity contribution in [3.8, 4) is 0 Å². The molecule has 0 amide bonds. The first kappa shape index (κ1) is 12.3. The van der Waals surface area contributed by atoms with Crippen molar-refractivity contribution in [2.75, 3.05) is 0 Å². The molecule has 1 heterocycles. The van der Waals surface area contributed by atoms with Gasteiger partial charge in [-0.2, -0.15) is 0 Å². The van der Waals surface area contributed by atoms with Gasteiger partial charge < -0.3 is 5.32 Å². The van der Waals surface area contributed by atoms with E-state index in [1.807, 2.05) is 11.3 Å². The van der Waals surface area contributed by atoms with E-state index in [2.05, 4.69) is 55.7 Å². The number of thiophene rings is 1. The average molecular weight is 245 g/mol. The fraction of sp³-hybridized carbons (Fsp3) is 0.333. The van der Waals surface area contributed by atoms with E-state index in [0.717, 1.165) is 13.1 Å². The lowest BCUT2D eigenvalue weighted by atomic mass is 10.0. The Balaban J connectivity index is 1.97. The first-order valence-electron chi connectivity index (χ1n) is 5.97. The predicted molar refractivity (Wildman–Crippen MR) is 75.5 cm³/mol. The fourth-order valence-electron chi connectivity index (χ4n) is 2.01. The Hall–Kier alpha value is -1.12. The molecule has 2 heteroatoms. The van der Waals surface area contributed by atoms with Crippen molar-refractivity contribution in [3.05, 3.63) is 56.8 Å². The van der Waals surface area contributed by atoms with Crippen molar-refractivity contribution in [1.29, 1.82) is 0 Å². The van der Waals surface area contributed by atoms with Gasteiger partial charge in [-0.15, -0.1) is 11.3 Å². The SMILES string of the molecule is Cc1ccsc1CNCc1c(C)cccc1C. The number of benzene rings is 1. The molecule has 90 valence electrons. The van der Waals surface area contributed by atoms with Gasteiger partial charge in [0.05, 0.1) is 0 Å². The monoisotopic (exact) mass is 245 g/mol. The molecule has 0 saturated heterocycles. The molecular weight excluding hydrogens is 226 g/mol. The van der Waals surface area contributed by atoms with Gasteiger partial charge in [-0.05, 0) is 54.5 Å². The number of aryl methyl sites for hydroxylation is 3. The standard InChI is InChI=1S/C15H19NS/c1-11-5-4-6-12(2)14(11)9-16-10-15-13(3)7-8-17-15/h4-8,16H,9-10H2,1-3H3. The molecule has 0 bridgehead atoms. The van der Waals surface area contributed by atoms with E-state index in [4.69, 9.17) is 0 Å². The lowest BCUT2D eigenvalue weighted by molar-refractivity contribution is 0.693. The first-order valence-corrected chi connectivity index (χ1v) is 6.85. The van der Waals surface area contributed by atoms with Crippen molar-refractivity contribution in [2.24, 2.45) is 0 Å². The quantitative estimate of drug-likeness (QED) is 0.859. The van der Waals surface area contributed by atoms with Gasteiger partial charge in [0.2, 0.25) is 0 Å². The lowest BCUT2D eigenvalue weighted by Gasteiger charge is -2.10. The van der Waals surface area contributed by atoms with Crippen LogP contribution in [0, 0.1) is 20.8 Å².